The number of aromatic carboxylic acids is 1. The second kappa shape index (κ2) is 8.09. The van der Waals surface area contributed by atoms with Crippen LogP contribution in [0.3, 0.4) is 0 Å². The van der Waals surface area contributed by atoms with Crippen molar-refractivity contribution in [3.8, 4) is 5.75 Å². The van der Waals surface area contributed by atoms with E-state index in [9.17, 15) is 9.59 Å². The minimum Gasteiger partial charge on any atom is -0.497 e. The second-order valence-electron chi connectivity index (χ2n) is 5.57. The third-order valence-corrected chi connectivity index (χ3v) is 3.45. The number of carboxylic acid groups (broad SMARTS) is 1. The predicted molar refractivity (Wildman–Crippen MR) is 85.9 cm³/mol. The standard InChI is InChI=1S/C16H20N4O4/c1-11(7-12-3-5-13(24-2)6-4-12)8-17-15(21)10-20-9-14(16(22)23)18-19-20/h3-6,9,11H,7-8,10H2,1-2H3,(H,17,21)(H,22,23). The molecule has 1 unspecified atom stereocenters. The van der Waals surface area contributed by atoms with Gasteiger partial charge in [0, 0.05) is 6.54 Å². The van der Waals surface area contributed by atoms with E-state index in [0.29, 0.717) is 6.54 Å². The van der Waals surface area contributed by atoms with Crippen molar-refractivity contribution in [1.29, 1.82) is 0 Å². The van der Waals surface area contributed by atoms with Crippen molar-refractivity contribution in [1.82, 2.24) is 20.3 Å². The number of nitrogens with one attached hydrogen (secondary N) is 1. The molecule has 1 amide bonds. The van der Waals surface area contributed by atoms with Gasteiger partial charge < -0.3 is 15.2 Å². The summed E-state index contributed by atoms with van der Waals surface area (Å²) in [7, 11) is 1.63. The van der Waals surface area contributed by atoms with Gasteiger partial charge in [-0.2, -0.15) is 0 Å². The third-order valence-electron chi connectivity index (χ3n) is 3.45. The summed E-state index contributed by atoms with van der Waals surface area (Å²) in [4.78, 5) is 22.6. The molecule has 1 atom stereocenters. The average Bonchev–Trinajstić information content (AvgIpc) is 3.02. The Labute approximate surface area is 139 Å². The molecule has 1 aromatic carbocycles. The van der Waals surface area contributed by atoms with Crippen molar-refractivity contribution in [2.75, 3.05) is 13.7 Å². The molecule has 2 N–H and O–H groups in total. The highest BCUT2D eigenvalue weighted by Gasteiger charge is 2.11. The van der Waals surface area contributed by atoms with Gasteiger partial charge in [-0.15, -0.1) is 5.10 Å². The number of rotatable bonds is 8. The molecule has 2 aromatic rings. The highest BCUT2D eigenvalue weighted by molar-refractivity contribution is 5.84. The molecule has 0 saturated heterocycles. The van der Waals surface area contributed by atoms with Gasteiger partial charge in [0.25, 0.3) is 0 Å². The predicted octanol–water partition coefficient (Wildman–Crippen LogP) is 0.980. The summed E-state index contributed by atoms with van der Waals surface area (Å²) in [5.74, 6) is -0.339. The van der Waals surface area contributed by atoms with Gasteiger partial charge in [0.1, 0.15) is 12.3 Å². The Morgan fingerprint density at radius 1 is 1.33 bits per heavy atom. The van der Waals surface area contributed by atoms with Crippen LogP contribution < -0.4 is 10.1 Å². The van der Waals surface area contributed by atoms with E-state index < -0.39 is 5.97 Å². The molecule has 128 valence electrons. The summed E-state index contributed by atoms with van der Waals surface area (Å²) in [5, 5.41) is 18.6. The minimum atomic E-state index is -1.17. The Hall–Kier alpha value is -2.90. The quantitative estimate of drug-likeness (QED) is 0.746. The SMILES string of the molecule is COc1ccc(CC(C)CNC(=O)Cn2cc(C(=O)O)nn2)cc1. The van der Waals surface area contributed by atoms with Gasteiger partial charge in [0.2, 0.25) is 5.91 Å². The number of carbonyl (C=O) groups is 2. The van der Waals surface area contributed by atoms with Crippen LogP contribution in [0.2, 0.25) is 0 Å². The molecule has 0 aliphatic carbocycles. The lowest BCUT2D eigenvalue weighted by atomic mass is 10.0. The Bertz CT molecular complexity index is 696. The van der Waals surface area contributed by atoms with Gasteiger partial charge in [0.15, 0.2) is 5.69 Å². The molecule has 0 fully saturated rings. The van der Waals surface area contributed by atoms with Gasteiger partial charge in [-0.25, -0.2) is 9.48 Å². The first-order valence-electron chi connectivity index (χ1n) is 7.51. The van der Waals surface area contributed by atoms with Crippen LogP contribution in [-0.2, 0) is 17.8 Å². The van der Waals surface area contributed by atoms with Crippen LogP contribution in [0.1, 0.15) is 23.0 Å². The number of aromatic nitrogens is 3. The molecule has 8 nitrogen and oxygen atoms in total. The number of hydrogen-bond donors (Lipinski definition) is 2. The molecule has 1 heterocycles. The molecule has 0 spiro atoms. The zero-order chi connectivity index (χ0) is 17.5. The van der Waals surface area contributed by atoms with Gasteiger partial charge in [-0.1, -0.05) is 24.3 Å². The van der Waals surface area contributed by atoms with Gasteiger partial charge >= 0.3 is 5.97 Å². The fourth-order valence-electron chi connectivity index (χ4n) is 2.20. The second-order valence-corrected chi connectivity index (χ2v) is 5.57. The largest absolute Gasteiger partial charge is 0.497 e. The molecule has 0 radical (unpaired) electrons. The first-order valence-corrected chi connectivity index (χ1v) is 7.51. The summed E-state index contributed by atoms with van der Waals surface area (Å²) in [6.07, 6.45) is 2.06. The van der Waals surface area contributed by atoms with Gasteiger partial charge in [-0.3, -0.25) is 4.79 Å². The van der Waals surface area contributed by atoms with Crippen LogP contribution in [-0.4, -0.2) is 45.6 Å². The number of carboxylic acids is 1. The first-order chi connectivity index (χ1) is 11.5. The van der Waals surface area contributed by atoms with Crippen LogP contribution in [0.15, 0.2) is 30.5 Å². The first kappa shape index (κ1) is 17.5. The minimum absolute atomic E-state index is 0.0600. The Kier molecular flexibility index (Phi) is 5.89. The van der Waals surface area contributed by atoms with Crippen LogP contribution >= 0.6 is 0 Å². The third kappa shape index (κ3) is 5.08. The number of methoxy groups -OCH3 is 1. The van der Waals surface area contributed by atoms with E-state index >= 15 is 0 Å². The van der Waals surface area contributed by atoms with Crippen molar-refractivity contribution in [2.24, 2.45) is 5.92 Å². The molecule has 0 bridgehead atoms. The maximum Gasteiger partial charge on any atom is 0.358 e. The molecule has 0 aliphatic rings. The lowest BCUT2D eigenvalue weighted by Gasteiger charge is -2.13. The van der Waals surface area contributed by atoms with Crippen LogP contribution in [0.4, 0.5) is 0 Å². The monoisotopic (exact) mass is 332 g/mol. The summed E-state index contributed by atoms with van der Waals surface area (Å²) in [6, 6.07) is 7.82. The fraction of sp³-hybridized carbons (Fsp3) is 0.375. The number of amides is 1. The summed E-state index contributed by atoms with van der Waals surface area (Å²) >= 11 is 0. The Morgan fingerprint density at radius 3 is 2.62 bits per heavy atom. The maximum atomic E-state index is 11.9. The number of ether oxygens (including phenoxy) is 1. The molecular weight excluding hydrogens is 312 g/mol. The van der Waals surface area contributed by atoms with E-state index in [4.69, 9.17) is 9.84 Å². The van der Waals surface area contributed by atoms with E-state index in [1.165, 1.54) is 16.4 Å². The Balaban J connectivity index is 1.76. The topological polar surface area (TPSA) is 106 Å². The van der Waals surface area contributed by atoms with Gasteiger partial charge in [-0.05, 0) is 30.0 Å². The molecule has 2 rings (SSSR count). The van der Waals surface area contributed by atoms with E-state index in [2.05, 4.69) is 15.6 Å². The number of benzene rings is 1. The van der Waals surface area contributed by atoms with Crippen LogP contribution in [0, 0.1) is 5.92 Å². The van der Waals surface area contributed by atoms with Crippen molar-refractivity contribution in [3.05, 3.63) is 41.7 Å². The highest BCUT2D eigenvalue weighted by atomic mass is 16.5. The Morgan fingerprint density at radius 2 is 2.04 bits per heavy atom. The number of hydrogen-bond acceptors (Lipinski definition) is 5. The van der Waals surface area contributed by atoms with Crippen molar-refractivity contribution < 1.29 is 19.4 Å². The number of nitrogens with zero attached hydrogens (tertiary/aromatic N) is 3. The van der Waals surface area contributed by atoms with Crippen molar-refractivity contribution >= 4 is 11.9 Å². The maximum absolute atomic E-state index is 11.9. The lowest BCUT2D eigenvalue weighted by Crippen LogP contribution is -2.32. The van der Waals surface area contributed by atoms with Gasteiger partial charge in [0.05, 0.1) is 13.3 Å². The normalized spacial score (nSPS) is 11.8. The van der Waals surface area contributed by atoms with Crippen LogP contribution in [0.25, 0.3) is 0 Å². The molecule has 8 heteroatoms. The summed E-state index contributed by atoms with van der Waals surface area (Å²) in [6.45, 7) is 2.50. The summed E-state index contributed by atoms with van der Waals surface area (Å²) in [5.41, 5.74) is 0.982. The fourth-order valence-corrected chi connectivity index (χ4v) is 2.20. The van der Waals surface area contributed by atoms with E-state index in [-0.39, 0.29) is 24.1 Å². The van der Waals surface area contributed by atoms with Crippen molar-refractivity contribution in [2.45, 2.75) is 19.9 Å². The smallest absolute Gasteiger partial charge is 0.358 e. The van der Waals surface area contributed by atoms with Crippen molar-refractivity contribution in [3.63, 3.8) is 0 Å². The number of carbonyl (C=O) groups excluding carboxylic acids is 1. The van der Waals surface area contributed by atoms with E-state index in [1.807, 2.05) is 31.2 Å². The summed E-state index contributed by atoms with van der Waals surface area (Å²) < 4.78 is 6.32. The average molecular weight is 332 g/mol. The zero-order valence-corrected chi connectivity index (χ0v) is 13.6. The highest BCUT2D eigenvalue weighted by Crippen LogP contribution is 2.14. The van der Waals surface area contributed by atoms with E-state index in [0.717, 1.165) is 12.2 Å². The van der Waals surface area contributed by atoms with Crippen LogP contribution in [0.5, 0.6) is 5.75 Å². The van der Waals surface area contributed by atoms with E-state index in [1.54, 1.807) is 7.11 Å². The lowest BCUT2D eigenvalue weighted by molar-refractivity contribution is -0.122. The molecule has 1 aromatic heterocycles. The zero-order valence-electron chi connectivity index (χ0n) is 13.6. The molecule has 24 heavy (non-hydrogen) atoms. The molecular formula is C16H20N4O4. The molecule has 0 saturated carbocycles. The molecule has 0 aliphatic heterocycles.